The lowest BCUT2D eigenvalue weighted by atomic mass is 9.98. The van der Waals surface area contributed by atoms with Gasteiger partial charge >= 0.3 is 5.88 Å². The molecule has 0 radical (unpaired) electrons. The number of halogens is 1. The number of hydrogen-bond acceptors (Lipinski definition) is 4. The van der Waals surface area contributed by atoms with Crippen molar-refractivity contribution in [1.29, 1.82) is 0 Å². The van der Waals surface area contributed by atoms with E-state index < -0.39 is 4.92 Å². The first-order chi connectivity index (χ1) is 12.1. The minimum Gasteiger partial charge on any atom is -0.497 e. The Balaban J connectivity index is 2.21. The second-order valence-corrected chi connectivity index (χ2v) is 6.40. The van der Waals surface area contributed by atoms with Gasteiger partial charge in [0, 0.05) is 15.4 Å². The molecule has 3 aromatic carbocycles. The van der Waals surface area contributed by atoms with Crippen LogP contribution in [-0.2, 0) is 0 Å². The molecule has 0 atom stereocenters. The molecule has 0 saturated heterocycles. The number of benzene rings is 3. The lowest BCUT2D eigenvalue weighted by Gasteiger charge is -2.06. The molecule has 0 aliphatic heterocycles. The molecule has 0 N–H and O–H groups in total. The maximum absolute atomic E-state index is 11.6. The van der Waals surface area contributed by atoms with E-state index in [1.165, 1.54) is 0 Å². The van der Waals surface area contributed by atoms with Crippen LogP contribution in [0.25, 0.3) is 32.9 Å². The van der Waals surface area contributed by atoms with Crippen LogP contribution in [-0.4, -0.2) is 12.0 Å². The van der Waals surface area contributed by atoms with Gasteiger partial charge in [0.2, 0.25) is 0 Å². The van der Waals surface area contributed by atoms with Crippen LogP contribution in [0.1, 0.15) is 0 Å². The summed E-state index contributed by atoms with van der Waals surface area (Å²) in [5.74, 6) is 0.416. The third-order valence-corrected chi connectivity index (χ3v) is 4.86. The van der Waals surface area contributed by atoms with E-state index in [-0.39, 0.29) is 5.88 Å². The van der Waals surface area contributed by atoms with Gasteiger partial charge in [0.15, 0.2) is 0 Å². The van der Waals surface area contributed by atoms with Gasteiger partial charge in [-0.1, -0.05) is 46.3 Å². The van der Waals surface area contributed by atoms with Gasteiger partial charge in [-0.2, -0.15) is 0 Å². The molecule has 5 nitrogen and oxygen atoms in total. The van der Waals surface area contributed by atoms with Crippen molar-refractivity contribution in [2.45, 2.75) is 0 Å². The van der Waals surface area contributed by atoms with Crippen LogP contribution in [0.5, 0.6) is 5.75 Å². The number of ether oxygens (including phenoxy) is 1. The monoisotopic (exact) mass is 397 g/mol. The molecule has 0 amide bonds. The molecule has 0 unspecified atom stereocenters. The van der Waals surface area contributed by atoms with Gasteiger partial charge < -0.3 is 9.15 Å². The molecule has 0 aliphatic carbocycles. The summed E-state index contributed by atoms with van der Waals surface area (Å²) in [6, 6.07) is 16.7. The second kappa shape index (κ2) is 5.89. The lowest BCUT2D eigenvalue weighted by Crippen LogP contribution is -1.89. The summed E-state index contributed by atoms with van der Waals surface area (Å²) in [7, 11) is 1.59. The molecular formula is C19H12BrNO4. The van der Waals surface area contributed by atoms with Crippen molar-refractivity contribution in [1.82, 2.24) is 0 Å². The minimum atomic E-state index is -0.485. The van der Waals surface area contributed by atoms with Crippen molar-refractivity contribution >= 4 is 43.6 Å². The van der Waals surface area contributed by atoms with Gasteiger partial charge in [-0.25, -0.2) is 0 Å². The van der Waals surface area contributed by atoms with E-state index in [1.54, 1.807) is 13.2 Å². The maximum atomic E-state index is 11.6. The minimum absolute atomic E-state index is 0.266. The van der Waals surface area contributed by atoms with Crippen LogP contribution < -0.4 is 4.74 Å². The number of rotatable bonds is 3. The van der Waals surface area contributed by atoms with Gasteiger partial charge in [0.25, 0.3) is 0 Å². The van der Waals surface area contributed by atoms with Crippen molar-refractivity contribution < 1.29 is 14.1 Å². The Hall–Kier alpha value is -2.86. The maximum Gasteiger partial charge on any atom is 0.442 e. The van der Waals surface area contributed by atoms with Gasteiger partial charge in [-0.05, 0) is 35.0 Å². The highest BCUT2D eigenvalue weighted by Gasteiger charge is 2.28. The van der Waals surface area contributed by atoms with E-state index in [1.807, 2.05) is 48.5 Å². The van der Waals surface area contributed by atoms with Crippen molar-refractivity contribution in [3.63, 3.8) is 0 Å². The highest BCUT2D eigenvalue weighted by molar-refractivity contribution is 9.10. The standard InChI is InChI=1S/C19H12BrNO4/c1-24-12-8-6-11-7-9-16-17(14(11)10-12)18(19(25-16)21(22)23)13-4-2-3-5-15(13)20/h2-10H,1H3. The fourth-order valence-electron chi connectivity index (χ4n) is 3.05. The number of nitrogens with zero attached hydrogens (tertiary/aromatic N) is 1. The Labute approximate surface area is 151 Å². The van der Waals surface area contributed by atoms with Crippen molar-refractivity contribution in [2.75, 3.05) is 7.11 Å². The van der Waals surface area contributed by atoms with Crippen molar-refractivity contribution in [2.24, 2.45) is 0 Å². The molecule has 0 fully saturated rings. The van der Waals surface area contributed by atoms with Crippen molar-refractivity contribution in [3.05, 3.63) is 69.2 Å². The summed E-state index contributed by atoms with van der Waals surface area (Å²) in [4.78, 5) is 11.1. The summed E-state index contributed by atoms with van der Waals surface area (Å²) >= 11 is 3.49. The summed E-state index contributed by atoms with van der Waals surface area (Å²) in [6.07, 6.45) is 0. The predicted octanol–water partition coefficient (Wildman–Crippen LogP) is 5.93. The Bertz CT molecular complexity index is 1130. The molecule has 1 aromatic heterocycles. The Morgan fingerprint density at radius 2 is 1.88 bits per heavy atom. The molecule has 1 heterocycles. The first-order valence-electron chi connectivity index (χ1n) is 7.52. The molecule has 0 aliphatic rings. The van der Waals surface area contributed by atoms with Gasteiger partial charge in [0.1, 0.15) is 21.8 Å². The SMILES string of the molecule is COc1ccc2ccc3oc([N+](=O)[O-])c(-c4ccccc4Br)c3c2c1. The molecule has 0 spiro atoms. The summed E-state index contributed by atoms with van der Waals surface area (Å²) < 4.78 is 11.7. The van der Waals surface area contributed by atoms with Crippen molar-refractivity contribution in [3.8, 4) is 16.9 Å². The zero-order valence-electron chi connectivity index (χ0n) is 13.2. The van der Waals surface area contributed by atoms with Crippen LogP contribution in [0.2, 0.25) is 0 Å². The Morgan fingerprint density at radius 3 is 2.60 bits per heavy atom. The van der Waals surface area contributed by atoms with Crippen LogP contribution in [0.4, 0.5) is 5.88 Å². The molecular weight excluding hydrogens is 386 g/mol. The largest absolute Gasteiger partial charge is 0.497 e. The first-order valence-corrected chi connectivity index (χ1v) is 8.32. The third kappa shape index (κ3) is 2.46. The zero-order chi connectivity index (χ0) is 17.6. The molecule has 0 bridgehead atoms. The third-order valence-electron chi connectivity index (χ3n) is 4.17. The van der Waals surface area contributed by atoms with Crippen LogP contribution in [0.15, 0.2) is 63.5 Å². The highest BCUT2D eigenvalue weighted by atomic mass is 79.9. The summed E-state index contributed by atoms with van der Waals surface area (Å²) in [6.45, 7) is 0. The lowest BCUT2D eigenvalue weighted by molar-refractivity contribution is -0.400. The normalized spacial score (nSPS) is 11.1. The summed E-state index contributed by atoms with van der Waals surface area (Å²) in [5, 5.41) is 14.1. The summed E-state index contributed by atoms with van der Waals surface area (Å²) in [5.41, 5.74) is 1.65. The smallest absolute Gasteiger partial charge is 0.442 e. The van der Waals surface area contributed by atoms with Gasteiger partial charge in [-0.15, -0.1) is 0 Å². The van der Waals surface area contributed by atoms with Crippen LogP contribution in [0, 0.1) is 10.1 Å². The van der Waals surface area contributed by atoms with E-state index in [0.29, 0.717) is 27.8 Å². The Kier molecular flexibility index (Phi) is 3.69. The van der Waals surface area contributed by atoms with E-state index in [0.717, 1.165) is 15.2 Å². The number of hydrogen-bond donors (Lipinski definition) is 0. The number of nitro groups is 1. The number of methoxy groups -OCH3 is 1. The van der Waals surface area contributed by atoms with E-state index >= 15 is 0 Å². The quantitative estimate of drug-likeness (QED) is 0.317. The van der Waals surface area contributed by atoms with Crippen LogP contribution >= 0.6 is 15.9 Å². The Morgan fingerprint density at radius 1 is 1.12 bits per heavy atom. The van der Waals surface area contributed by atoms with E-state index in [9.17, 15) is 10.1 Å². The molecule has 4 aromatic rings. The number of fused-ring (bicyclic) bond motifs is 3. The van der Waals surface area contributed by atoms with Gasteiger partial charge in [0.05, 0.1) is 7.11 Å². The van der Waals surface area contributed by atoms with E-state index in [2.05, 4.69) is 15.9 Å². The molecule has 124 valence electrons. The van der Waals surface area contributed by atoms with Crippen LogP contribution in [0.3, 0.4) is 0 Å². The highest BCUT2D eigenvalue weighted by Crippen LogP contribution is 2.45. The molecule has 0 saturated carbocycles. The topological polar surface area (TPSA) is 65.5 Å². The molecule has 25 heavy (non-hydrogen) atoms. The number of furan rings is 1. The zero-order valence-corrected chi connectivity index (χ0v) is 14.7. The average molecular weight is 398 g/mol. The predicted molar refractivity (Wildman–Crippen MR) is 100 cm³/mol. The fourth-order valence-corrected chi connectivity index (χ4v) is 3.54. The van der Waals surface area contributed by atoms with Gasteiger partial charge in [-0.3, -0.25) is 10.1 Å². The second-order valence-electron chi connectivity index (χ2n) is 5.54. The average Bonchev–Trinajstić information content (AvgIpc) is 3.02. The first kappa shape index (κ1) is 15.7. The molecule has 6 heteroatoms. The van der Waals surface area contributed by atoms with E-state index in [4.69, 9.17) is 9.15 Å². The fraction of sp³-hybridized carbons (Fsp3) is 0.0526. The molecule has 4 rings (SSSR count).